The Labute approximate surface area is 123 Å². The quantitative estimate of drug-likeness (QED) is 0.581. The second kappa shape index (κ2) is 7.21. The molecule has 0 unspecified atom stereocenters. The van der Waals surface area contributed by atoms with Crippen molar-refractivity contribution in [3.05, 3.63) is 48.3 Å². The Balaban J connectivity index is 1.81. The minimum absolute atomic E-state index is 0.630. The number of hydrogen-bond acceptors (Lipinski definition) is 2. The fraction of sp³-hybridized carbons (Fsp3) is 0.214. The fourth-order valence-corrected chi connectivity index (χ4v) is 2.48. The first kappa shape index (κ1) is 14.0. The van der Waals surface area contributed by atoms with Crippen LogP contribution in [0.2, 0.25) is 0 Å². The van der Waals surface area contributed by atoms with Gasteiger partial charge in [0.15, 0.2) is 5.11 Å². The molecule has 5 heteroatoms. The summed E-state index contributed by atoms with van der Waals surface area (Å²) in [6, 6.07) is 12.3. The molecule has 3 nitrogen and oxygen atoms in total. The van der Waals surface area contributed by atoms with Crippen molar-refractivity contribution in [1.82, 2.24) is 10.3 Å². The summed E-state index contributed by atoms with van der Waals surface area (Å²) in [7, 11) is 0. The molecule has 0 aliphatic heterocycles. The lowest BCUT2D eigenvalue weighted by Crippen LogP contribution is -2.27. The van der Waals surface area contributed by atoms with Crippen molar-refractivity contribution in [1.29, 1.82) is 0 Å². The fourth-order valence-electron chi connectivity index (χ4n) is 1.63. The van der Waals surface area contributed by atoms with Gasteiger partial charge in [0.25, 0.3) is 0 Å². The molecule has 3 N–H and O–H groups in total. The second-order valence-electron chi connectivity index (χ2n) is 3.96. The number of thiocarbonyl (C=S) groups is 1. The molecular formula is C14H17N3S2. The monoisotopic (exact) mass is 291 g/mol. The third-order valence-electron chi connectivity index (χ3n) is 2.52. The molecule has 0 saturated carbocycles. The van der Waals surface area contributed by atoms with E-state index >= 15 is 0 Å². The molecule has 0 amide bonds. The molecule has 1 heterocycles. The van der Waals surface area contributed by atoms with E-state index in [-0.39, 0.29) is 0 Å². The molecule has 0 radical (unpaired) electrons. The molecule has 0 saturated heterocycles. The molecule has 1 aromatic heterocycles. The molecule has 100 valence electrons. The molecule has 0 atom stereocenters. The van der Waals surface area contributed by atoms with Crippen LogP contribution in [0.4, 0.5) is 5.69 Å². The van der Waals surface area contributed by atoms with Crippen LogP contribution >= 0.6 is 24.0 Å². The summed E-state index contributed by atoms with van der Waals surface area (Å²) >= 11 is 7.08. The van der Waals surface area contributed by atoms with E-state index in [1.165, 1.54) is 4.90 Å². The first-order valence-electron chi connectivity index (χ1n) is 6.18. The summed E-state index contributed by atoms with van der Waals surface area (Å²) < 4.78 is 0. The Bertz CT molecular complexity index is 506. The number of H-pyrrole nitrogens is 1. The topological polar surface area (TPSA) is 39.8 Å². The predicted octanol–water partition coefficient (Wildman–Crippen LogP) is 3.61. The first-order chi connectivity index (χ1) is 9.28. The number of nitrogens with one attached hydrogen (secondary N) is 3. The lowest BCUT2D eigenvalue weighted by atomic mass is 10.3. The summed E-state index contributed by atoms with van der Waals surface area (Å²) in [5.74, 6) is 1.09. The van der Waals surface area contributed by atoms with E-state index in [2.05, 4.69) is 34.7 Å². The van der Waals surface area contributed by atoms with Crippen LogP contribution in [0.15, 0.2) is 47.5 Å². The van der Waals surface area contributed by atoms with Gasteiger partial charge in [0.05, 0.1) is 6.54 Å². The maximum Gasteiger partial charge on any atom is 0.171 e. The summed E-state index contributed by atoms with van der Waals surface area (Å²) in [5, 5.41) is 6.96. The molecule has 2 rings (SSSR count). The zero-order valence-electron chi connectivity index (χ0n) is 10.8. The van der Waals surface area contributed by atoms with Gasteiger partial charge in [-0.05, 0) is 54.4 Å². The third-order valence-corrected chi connectivity index (χ3v) is 3.67. The minimum Gasteiger partial charge on any atom is -0.364 e. The molecular weight excluding hydrogens is 274 g/mol. The van der Waals surface area contributed by atoms with Gasteiger partial charge in [-0.15, -0.1) is 11.8 Å². The SMILES string of the molecule is CCSc1ccc(NC(=S)NCc2ccc[nH]2)cc1. The van der Waals surface area contributed by atoms with Crippen LogP contribution in [0.3, 0.4) is 0 Å². The summed E-state index contributed by atoms with van der Waals surface area (Å²) in [6.07, 6.45) is 1.90. The van der Waals surface area contributed by atoms with Crippen molar-refractivity contribution in [2.24, 2.45) is 0 Å². The number of rotatable bonds is 5. The van der Waals surface area contributed by atoms with E-state index in [0.717, 1.165) is 17.1 Å². The maximum absolute atomic E-state index is 5.25. The van der Waals surface area contributed by atoms with Gasteiger partial charge in [-0.2, -0.15) is 0 Å². The van der Waals surface area contributed by atoms with E-state index in [0.29, 0.717) is 11.7 Å². The van der Waals surface area contributed by atoms with Gasteiger partial charge >= 0.3 is 0 Å². The highest BCUT2D eigenvalue weighted by atomic mass is 32.2. The molecule has 19 heavy (non-hydrogen) atoms. The summed E-state index contributed by atoms with van der Waals surface area (Å²) in [6.45, 7) is 2.85. The minimum atomic E-state index is 0.630. The van der Waals surface area contributed by atoms with Gasteiger partial charge in [-0.1, -0.05) is 6.92 Å². The number of thioether (sulfide) groups is 1. The van der Waals surface area contributed by atoms with Crippen LogP contribution in [0, 0.1) is 0 Å². The lowest BCUT2D eigenvalue weighted by molar-refractivity contribution is 0.893. The molecule has 0 aliphatic rings. The molecule has 0 bridgehead atoms. The molecule has 2 aromatic rings. The van der Waals surface area contributed by atoms with Crippen molar-refractivity contribution >= 4 is 34.8 Å². The maximum atomic E-state index is 5.25. The van der Waals surface area contributed by atoms with E-state index in [4.69, 9.17) is 12.2 Å². The van der Waals surface area contributed by atoms with Gasteiger partial charge < -0.3 is 15.6 Å². The summed E-state index contributed by atoms with van der Waals surface area (Å²) in [5.41, 5.74) is 2.11. The number of hydrogen-bond donors (Lipinski definition) is 3. The Morgan fingerprint density at radius 2 is 2.05 bits per heavy atom. The zero-order chi connectivity index (χ0) is 13.5. The van der Waals surface area contributed by atoms with E-state index in [1.807, 2.05) is 42.2 Å². The number of aromatic nitrogens is 1. The normalized spacial score (nSPS) is 10.2. The smallest absolute Gasteiger partial charge is 0.171 e. The van der Waals surface area contributed by atoms with Crippen LogP contribution in [0.25, 0.3) is 0 Å². The zero-order valence-corrected chi connectivity index (χ0v) is 12.4. The average molecular weight is 291 g/mol. The van der Waals surface area contributed by atoms with Gasteiger partial charge in [-0.3, -0.25) is 0 Å². The first-order valence-corrected chi connectivity index (χ1v) is 7.57. The van der Waals surface area contributed by atoms with E-state index < -0.39 is 0 Å². The standard InChI is InChI=1S/C14H17N3S2/c1-2-19-13-7-5-11(6-8-13)17-14(18)16-10-12-4-3-9-15-12/h3-9,15H,2,10H2,1H3,(H2,16,17,18). The van der Waals surface area contributed by atoms with Crippen molar-refractivity contribution < 1.29 is 0 Å². The van der Waals surface area contributed by atoms with Crippen LogP contribution < -0.4 is 10.6 Å². The Morgan fingerprint density at radius 3 is 2.68 bits per heavy atom. The van der Waals surface area contributed by atoms with E-state index in [9.17, 15) is 0 Å². The Kier molecular flexibility index (Phi) is 5.30. The number of aromatic amines is 1. The van der Waals surface area contributed by atoms with Crippen molar-refractivity contribution in [3.63, 3.8) is 0 Å². The Morgan fingerprint density at radius 1 is 1.26 bits per heavy atom. The lowest BCUT2D eigenvalue weighted by Gasteiger charge is -2.10. The second-order valence-corrected chi connectivity index (χ2v) is 5.71. The van der Waals surface area contributed by atoms with Crippen molar-refractivity contribution in [3.8, 4) is 0 Å². The Hall–Kier alpha value is -1.46. The van der Waals surface area contributed by atoms with Crippen LogP contribution in [-0.2, 0) is 6.54 Å². The van der Waals surface area contributed by atoms with Gasteiger partial charge in [-0.25, -0.2) is 0 Å². The highest BCUT2D eigenvalue weighted by molar-refractivity contribution is 7.99. The number of benzene rings is 1. The average Bonchev–Trinajstić information content (AvgIpc) is 2.92. The highest BCUT2D eigenvalue weighted by Gasteiger charge is 1.99. The largest absolute Gasteiger partial charge is 0.364 e. The molecule has 0 spiro atoms. The third kappa shape index (κ3) is 4.61. The highest BCUT2D eigenvalue weighted by Crippen LogP contribution is 2.19. The van der Waals surface area contributed by atoms with Crippen LogP contribution in [0.5, 0.6) is 0 Å². The predicted molar refractivity (Wildman–Crippen MR) is 86.7 cm³/mol. The summed E-state index contributed by atoms with van der Waals surface area (Å²) in [4.78, 5) is 4.40. The molecule has 1 aromatic carbocycles. The van der Waals surface area contributed by atoms with Crippen LogP contribution in [0.1, 0.15) is 12.6 Å². The van der Waals surface area contributed by atoms with Crippen LogP contribution in [-0.4, -0.2) is 15.8 Å². The molecule has 0 aliphatic carbocycles. The molecule has 0 fully saturated rings. The van der Waals surface area contributed by atoms with Gasteiger partial charge in [0.1, 0.15) is 0 Å². The van der Waals surface area contributed by atoms with E-state index in [1.54, 1.807) is 0 Å². The van der Waals surface area contributed by atoms with Gasteiger partial charge in [0.2, 0.25) is 0 Å². The number of anilines is 1. The van der Waals surface area contributed by atoms with Gasteiger partial charge in [0, 0.05) is 22.5 Å². The van der Waals surface area contributed by atoms with Crippen molar-refractivity contribution in [2.75, 3.05) is 11.1 Å². The van der Waals surface area contributed by atoms with Crippen molar-refractivity contribution in [2.45, 2.75) is 18.4 Å².